The normalized spacial score (nSPS) is 11.9. The SMILES string of the molecule is C[C@@H](NC(=O)c1ccccc1)C(=O)N/N=C/c1ccc(O)cc1O. The highest BCUT2D eigenvalue weighted by atomic mass is 16.3. The second-order valence-electron chi connectivity index (χ2n) is 5.04. The molecule has 4 N–H and O–H groups in total. The van der Waals surface area contributed by atoms with Crippen LogP contribution in [0.3, 0.4) is 0 Å². The lowest BCUT2D eigenvalue weighted by molar-refractivity contribution is -0.122. The van der Waals surface area contributed by atoms with Gasteiger partial charge in [-0.25, -0.2) is 5.43 Å². The molecule has 124 valence electrons. The summed E-state index contributed by atoms with van der Waals surface area (Å²) in [6, 6.07) is 11.7. The number of phenolic OH excluding ortho intramolecular Hbond substituents is 2. The van der Waals surface area contributed by atoms with E-state index in [9.17, 15) is 19.8 Å². The maximum Gasteiger partial charge on any atom is 0.262 e. The van der Waals surface area contributed by atoms with Gasteiger partial charge in [-0.05, 0) is 31.2 Å². The van der Waals surface area contributed by atoms with Gasteiger partial charge in [-0.15, -0.1) is 0 Å². The quantitative estimate of drug-likeness (QED) is 0.491. The van der Waals surface area contributed by atoms with Gasteiger partial charge in [0.2, 0.25) is 0 Å². The molecule has 1 atom stereocenters. The molecule has 0 heterocycles. The fraction of sp³-hybridized carbons (Fsp3) is 0.118. The first-order valence-corrected chi connectivity index (χ1v) is 7.18. The van der Waals surface area contributed by atoms with E-state index < -0.39 is 11.9 Å². The minimum atomic E-state index is -0.789. The maximum atomic E-state index is 11.9. The van der Waals surface area contributed by atoms with Crippen LogP contribution in [0.1, 0.15) is 22.8 Å². The molecule has 2 aromatic rings. The van der Waals surface area contributed by atoms with Gasteiger partial charge in [0.25, 0.3) is 11.8 Å². The van der Waals surface area contributed by atoms with E-state index in [-0.39, 0.29) is 17.4 Å². The molecule has 2 amide bonds. The molecular weight excluding hydrogens is 310 g/mol. The number of aromatic hydroxyl groups is 2. The molecule has 0 aliphatic rings. The van der Waals surface area contributed by atoms with Crippen LogP contribution in [-0.2, 0) is 4.79 Å². The number of carbonyl (C=O) groups excluding carboxylic acids is 2. The van der Waals surface area contributed by atoms with Gasteiger partial charge in [-0.2, -0.15) is 5.10 Å². The fourth-order valence-electron chi connectivity index (χ4n) is 1.84. The predicted molar refractivity (Wildman–Crippen MR) is 88.9 cm³/mol. The van der Waals surface area contributed by atoms with E-state index in [1.807, 2.05) is 0 Å². The molecule has 7 nitrogen and oxygen atoms in total. The van der Waals surface area contributed by atoms with Crippen molar-refractivity contribution in [1.29, 1.82) is 0 Å². The molecule has 0 saturated heterocycles. The van der Waals surface area contributed by atoms with Crippen molar-refractivity contribution in [3.05, 3.63) is 59.7 Å². The summed E-state index contributed by atoms with van der Waals surface area (Å²) < 4.78 is 0. The molecule has 0 unspecified atom stereocenters. The molecule has 0 radical (unpaired) electrons. The molecular formula is C17H17N3O4. The van der Waals surface area contributed by atoms with Gasteiger partial charge < -0.3 is 15.5 Å². The summed E-state index contributed by atoms with van der Waals surface area (Å²) >= 11 is 0. The predicted octanol–water partition coefficient (Wildman–Crippen LogP) is 1.37. The van der Waals surface area contributed by atoms with Crippen LogP contribution in [0.15, 0.2) is 53.6 Å². The minimum Gasteiger partial charge on any atom is -0.508 e. The van der Waals surface area contributed by atoms with Crippen molar-refractivity contribution in [3.63, 3.8) is 0 Å². The highest BCUT2D eigenvalue weighted by Crippen LogP contribution is 2.20. The standard InChI is InChI=1S/C17H17N3O4/c1-11(19-17(24)12-5-3-2-4-6-12)16(23)20-18-10-13-7-8-14(21)9-15(13)22/h2-11,21-22H,1H3,(H,19,24)(H,20,23)/b18-10+/t11-/m1/s1. The van der Waals surface area contributed by atoms with Crippen molar-refractivity contribution in [2.75, 3.05) is 0 Å². The zero-order valence-electron chi connectivity index (χ0n) is 12.9. The van der Waals surface area contributed by atoms with Crippen molar-refractivity contribution in [3.8, 4) is 11.5 Å². The third-order valence-electron chi connectivity index (χ3n) is 3.17. The third kappa shape index (κ3) is 4.57. The van der Waals surface area contributed by atoms with E-state index in [1.54, 1.807) is 30.3 Å². The Morgan fingerprint density at radius 3 is 2.50 bits per heavy atom. The molecule has 0 bridgehead atoms. The highest BCUT2D eigenvalue weighted by Gasteiger charge is 2.15. The molecule has 2 rings (SSSR count). The van der Waals surface area contributed by atoms with Crippen LogP contribution in [0.4, 0.5) is 0 Å². The van der Waals surface area contributed by atoms with Crippen LogP contribution < -0.4 is 10.7 Å². The van der Waals surface area contributed by atoms with Crippen LogP contribution in [0.5, 0.6) is 11.5 Å². The van der Waals surface area contributed by atoms with Crippen LogP contribution in [0, 0.1) is 0 Å². The second-order valence-corrected chi connectivity index (χ2v) is 5.04. The summed E-state index contributed by atoms with van der Waals surface area (Å²) in [5, 5.41) is 25.0. The molecule has 2 aromatic carbocycles. The number of amides is 2. The Labute approximate surface area is 138 Å². The monoisotopic (exact) mass is 327 g/mol. The Kier molecular flexibility index (Phi) is 5.51. The van der Waals surface area contributed by atoms with E-state index in [2.05, 4.69) is 15.8 Å². The number of hydrogen-bond acceptors (Lipinski definition) is 5. The van der Waals surface area contributed by atoms with Gasteiger partial charge in [0.15, 0.2) is 0 Å². The number of benzene rings is 2. The van der Waals surface area contributed by atoms with Crippen LogP contribution in [0.25, 0.3) is 0 Å². The average Bonchev–Trinajstić information content (AvgIpc) is 2.57. The Morgan fingerprint density at radius 2 is 1.83 bits per heavy atom. The van der Waals surface area contributed by atoms with E-state index in [1.165, 1.54) is 25.3 Å². The summed E-state index contributed by atoms with van der Waals surface area (Å²) in [6.45, 7) is 1.53. The lowest BCUT2D eigenvalue weighted by atomic mass is 10.2. The minimum absolute atomic E-state index is 0.0778. The Bertz CT molecular complexity index is 760. The van der Waals surface area contributed by atoms with Gasteiger partial charge in [0, 0.05) is 17.2 Å². The van der Waals surface area contributed by atoms with E-state index in [0.29, 0.717) is 11.1 Å². The summed E-state index contributed by atoms with van der Waals surface area (Å²) in [5.41, 5.74) is 3.05. The number of hydrazone groups is 1. The zero-order chi connectivity index (χ0) is 17.5. The topological polar surface area (TPSA) is 111 Å². The number of carbonyl (C=O) groups is 2. The lowest BCUT2D eigenvalue weighted by Crippen LogP contribution is -2.43. The van der Waals surface area contributed by atoms with Crippen molar-refractivity contribution >= 4 is 18.0 Å². The van der Waals surface area contributed by atoms with Gasteiger partial charge in [-0.1, -0.05) is 18.2 Å². The van der Waals surface area contributed by atoms with Crippen molar-refractivity contribution < 1.29 is 19.8 Å². The van der Waals surface area contributed by atoms with Crippen molar-refractivity contribution in [1.82, 2.24) is 10.7 Å². The summed E-state index contributed by atoms with van der Waals surface area (Å²) in [4.78, 5) is 23.8. The number of nitrogens with zero attached hydrogens (tertiary/aromatic N) is 1. The number of hydrogen-bond donors (Lipinski definition) is 4. The third-order valence-corrected chi connectivity index (χ3v) is 3.17. The van der Waals surface area contributed by atoms with Gasteiger partial charge in [0.05, 0.1) is 6.21 Å². The van der Waals surface area contributed by atoms with E-state index >= 15 is 0 Å². The summed E-state index contributed by atoms with van der Waals surface area (Å²) in [7, 11) is 0. The summed E-state index contributed by atoms with van der Waals surface area (Å²) in [5.74, 6) is -1.11. The first-order chi connectivity index (χ1) is 11.5. The van der Waals surface area contributed by atoms with Gasteiger partial charge in [-0.3, -0.25) is 9.59 Å². The Hall–Kier alpha value is -3.35. The molecule has 0 fully saturated rings. The number of phenols is 2. The Balaban J connectivity index is 1.89. The van der Waals surface area contributed by atoms with Crippen LogP contribution >= 0.6 is 0 Å². The molecule has 7 heteroatoms. The van der Waals surface area contributed by atoms with Gasteiger partial charge in [0.1, 0.15) is 17.5 Å². The number of nitrogens with one attached hydrogen (secondary N) is 2. The lowest BCUT2D eigenvalue weighted by Gasteiger charge is -2.12. The smallest absolute Gasteiger partial charge is 0.262 e. The van der Waals surface area contributed by atoms with Crippen LogP contribution in [0.2, 0.25) is 0 Å². The molecule has 0 spiro atoms. The van der Waals surface area contributed by atoms with Crippen molar-refractivity contribution in [2.24, 2.45) is 5.10 Å². The average molecular weight is 327 g/mol. The highest BCUT2D eigenvalue weighted by molar-refractivity contribution is 5.97. The van der Waals surface area contributed by atoms with Crippen molar-refractivity contribution in [2.45, 2.75) is 13.0 Å². The fourth-order valence-corrected chi connectivity index (χ4v) is 1.84. The largest absolute Gasteiger partial charge is 0.508 e. The Morgan fingerprint density at radius 1 is 1.12 bits per heavy atom. The zero-order valence-corrected chi connectivity index (χ0v) is 12.9. The molecule has 0 aliphatic heterocycles. The van der Waals surface area contributed by atoms with E-state index in [4.69, 9.17) is 0 Å². The second kappa shape index (κ2) is 7.77. The first kappa shape index (κ1) is 17.0. The number of rotatable bonds is 5. The molecule has 0 aliphatic carbocycles. The van der Waals surface area contributed by atoms with Crippen LogP contribution in [-0.4, -0.2) is 34.3 Å². The summed E-state index contributed by atoms with van der Waals surface area (Å²) in [6.07, 6.45) is 1.23. The first-order valence-electron chi connectivity index (χ1n) is 7.18. The molecule has 0 aromatic heterocycles. The molecule has 0 saturated carbocycles. The maximum absolute atomic E-state index is 11.9. The molecule has 24 heavy (non-hydrogen) atoms. The van der Waals surface area contributed by atoms with E-state index in [0.717, 1.165) is 6.07 Å². The van der Waals surface area contributed by atoms with Gasteiger partial charge >= 0.3 is 0 Å².